The van der Waals surface area contributed by atoms with E-state index >= 15 is 0 Å². The number of nitrogens with zero attached hydrogens (tertiary/aromatic N) is 1. The Hall–Kier alpha value is -3.57. The molecule has 0 radical (unpaired) electrons. The fourth-order valence-electron chi connectivity index (χ4n) is 3.73. The molecule has 0 fully saturated rings. The summed E-state index contributed by atoms with van der Waals surface area (Å²) in [5.74, 6) is -0.341. The van der Waals surface area contributed by atoms with Gasteiger partial charge in [-0.1, -0.05) is 36.4 Å². The monoisotopic (exact) mass is 489 g/mol. The van der Waals surface area contributed by atoms with Crippen LogP contribution in [-0.4, -0.2) is 31.6 Å². The van der Waals surface area contributed by atoms with Gasteiger partial charge in [-0.3, -0.25) is 0 Å². The van der Waals surface area contributed by atoms with Crippen LogP contribution >= 0.6 is 0 Å². The first-order valence-electron chi connectivity index (χ1n) is 10.2. The molecule has 0 aliphatic carbocycles. The third-order valence-electron chi connectivity index (χ3n) is 5.34. The van der Waals surface area contributed by atoms with E-state index in [4.69, 9.17) is 9.47 Å². The molecule has 1 aliphatic rings. The van der Waals surface area contributed by atoms with Crippen molar-refractivity contribution in [1.29, 1.82) is 0 Å². The van der Waals surface area contributed by atoms with E-state index in [1.165, 1.54) is 30.3 Å². The summed E-state index contributed by atoms with van der Waals surface area (Å²) in [6, 6.07) is 16.6. The van der Waals surface area contributed by atoms with Crippen molar-refractivity contribution in [2.24, 2.45) is 0 Å². The SMILES string of the molecule is O=S(=O)(NC(c1ccccc1)c1ccc2nc(C(F)(F)F)[nH]c2c1)c1ccc2c(c1)OCCO2. The van der Waals surface area contributed by atoms with E-state index in [0.717, 1.165) is 0 Å². The molecule has 0 saturated heterocycles. The van der Waals surface area contributed by atoms with Gasteiger partial charge in [-0.05, 0) is 35.4 Å². The highest BCUT2D eigenvalue weighted by Crippen LogP contribution is 2.34. The van der Waals surface area contributed by atoms with Gasteiger partial charge in [0.15, 0.2) is 11.5 Å². The summed E-state index contributed by atoms with van der Waals surface area (Å²) in [6.07, 6.45) is -4.63. The van der Waals surface area contributed by atoms with Gasteiger partial charge >= 0.3 is 6.18 Å². The Bertz CT molecular complexity index is 1450. The Balaban J connectivity index is 1.55. The summed E-state index contributed by atoms with van der Waals surface area (Å²) < 4.78 is 79.4. The summed E-state index contributed by atoms with van der Waals surface area (Å²) in [4.78, 5) is 5.81. The van der Waals surface area contributed by atoms with Crippen LogP contribution in [0, 0.1) is 0 Å². The number of hydrogen-bond donors (Lipinski definition) is 2. The average Bonchev–Trinajstić information content (AvgIpc) is 3.27. The number of hydrogen-bond acceptors (Lipinski definition) is 5. The van der Waals surface area contributed by atoms with Crippen LogP contribution in [0.15, 0.2) is 71.6 Å². The van der Waals surface area contributed by atoms with Gasteiger partial charge in [0.1, 0.15) is 13.2 Å². The summed E-state index contributed by atoms with van der Waals surface area (Å²) in [6.45, 7) is 0.681. The first-order valence-corrected chi connectivity index (χ1v) is 11.7. The number of nitrogens with one attached hydrogen (secondary N) is 2. The van der Waals surface area contributed by atoms with Crippen LogP contribution in [0.1, 0.15) is 23.0 Å². The molecule has 176 valence electrons. The summed E-state index contributed by atoms with van der Waals surface area (Å²) in [7, 11) is -4.05. The zero-order valence-electron chi connectivity index (χ0n) is 17.5. The minimum Gasteiger partial charge on any atom is -0.486 e. The van der Waals surface area contributed by atoms with Crippen molar-refractivity contribution in [1.82, 2.24) is 14.7 Å². The molecule has 2 N–H and O–H groups in total. The molecule has 34 heavy (non-hydrogen) atoms. The lowest BCUT2D eigenvalue weighted by Gasteiger charge is -2.22. The fourth-order valence-corrected chi connectivity index (χ4v) is 4.96. The molecule has 1 unspecified atom stereocenters. The Morgan fingerprint density at radius 3 is 2.38 bits per heavy atom. The van der Waals surface area contributed by atoms with Gasteiger partial charge < -0.3 is 14.5 Å². The second-order valence-corrected chi connectivity index (χ2v) is 9.34. The number of imidazole rings is 1. The highest BCUT2D eigenvalue weighted by molar-refractivity contribution is 7.89. The number of fused-ring (bicyclic) bond motifs is 2. The zero-order valence-corrected chi connectivity index (χ0v) is 18.3. The van der Waals surface area contributed by atoms with Crippen molar-refractivity contribution in [3.63, 3.8) is 0 Å². The van der Waals surface area contributed by atoms with E-state index in [1.807, 2.05) is 0 Å². The molecule has 4 aromatic rings. The van der Waals surface area contributed by atoms with Crippen molar-refractivity contribution in [2.45, 2.75) is 17.1 Å². The number of alkyl halides is 3. The van der Waals surface area contributed by atoms with Crippen LogP contribution in [0.5, 0.6) is 11.5 Å². The van der Waals surface area contributed by atoms with Crippen LogP contribution in [0.25, 0.3) is 11.0 Å². The molecule has 3 aromatic carbocycles. The molecule has 7 nitrogen and oxygen atoms in total. The number of ether oxygens (including phenoxy) is 2. The van der Waals surface area contributed by atoms with Gasteiger partial charge in [0.2, 0.25) is 15.8 Å². The van der Waals surface area contributed by atoms with E-state index in [0.29, 0.717) is 35.8 Å². The van der Waals surface area contributed by atoms with Crippen molar-refractivity contribution >= 4 is 21.1 Å². The van der Waals surface area contributed by atoms with Crippen LogP contribution in [0.3, 0.4) is 0 Å². The molecule has 1 atom stereocenters. The van der Waals surface area contributed by atoms with E-state index in [-0.39, 0.29) is 15.9 Å². The molecule has 5 rings (SSSR count). The number of sulfonamides is 1. The molecule has 0 bridgehead atoms. The molecule has 0 spiro atoms. The molecule has 1 aliphatic heterocycles. The smallest absolute Gasteiger partial charge is 0.449 e. The van der Waals surface area contributed by atoms with Gasteiger partial charge in [-0.25, -0.2) is 13.4 Å². The van der Waals surface area contributed by atoms with Crippen LogP contribution in [0.4, 0.5) is 13.2 Å². The predicted molar refractivity (Wildman–Crippen MR) is 117 cm³/mol. The normalized spacial score (nSPS) is 14.8. The summed E-state index contributed by atoms with van der Waals surface area (Å²) in [5.41, 5.74) is 1.32. The number of rotatable bonds is 5. The Morgan fingerprint density at radius 2 is 1.65 bits per heavy atom. The summed E-state index contributed by atoms with van der Waals surface area (Å²) in [5, 5.41) is 0. The standard InChI is InChI=1S/C23H18F3N3O4S/c24-23(25,26)22-27-17-8-6-15(12-18(17)28-22)21(14-4-2-1-3-5-14)29-34(30,31)16-7-9-19-20(13-16)33-11-10-32-19/h1-9,12-13,21,29H,10-11H2,(H,27,28). The highest BCUT2D eigenvalue weighted by Gasteiger charge is 2.35. The maximum absolute atomic E-state index is 13.3. The molecule has 0 saturated carbocycles. The second kappa shape index (κ2) is 8.33. The maximum atomic E-state index is 13.3. The second-order valence-electron chi connectivity index (χ2n) is 7.63. The quantitative estimate of drug-likeness (QED) is 0.433. The highest BCUT2D eigenvalue weighted by atomic mass is 32.2. The van der Waals surface area contributed by atoms with Gasteiger partial charge in [-0.2, -0.15) is 17.9 Å². The number of benzene rings is 3. The first kappa shape index (κ1) is 22.2. The van der Waals surface area contributed by atoms with Gasteiger partial charge in [0.05, 0.1) is 22.0 Å². The average molecular weight is 489 g/mol. The van der Waals surface area contributed by atoms with E-state index in [9.17, 15) is 21.6 Å². The zero-order chi connectivity index (χ0) is 23.9. The number of halogens is 3. The number of aromatic nitrogens is 2. The Kier molecular flexibility index (Phi) is 5.45. The third-order valence-corrected chi connectivity index (χ3v) is 6.76. The van der Waals surface area contributed by atoms with Gasteiger partial charge in [-0.15, -0.1) is 0 Å². The third kappa shape index (κ3) is 4.31. The molecule has 11 heteroatoms. The largest absolute Gasteiger partial charge is 0.486 e. The fraction of sp³-hybridized carbons (Fsp3) is 0.174. The molecule has 0 amide bonds. The lowest BCUT2D eigenvalue weighted by atomic mass is 9.99. The molecular weight excluding hydrogens is 471 g/mol. The first-order chi connectivity index (χ1) is 16.2. The number of H-pyrrole nitrogens is 1. The van der Waals surface area contributed by atoms with Crippen molar-refractivity contribution < 1.29 is 31.1 Å². The number of aromatic amines is 1. The van der Waals surface area contributed by atoms with E-state index < -0.39 is 28.1 Å². The molecule has 2 heterocycles. The van der Waals surface area contributed by atoms with Crippen molar-refractivity contribution in [3.8, 4) is 11.5 Å². The predicted octanol–water partition coefficient (Wildman–Crippen LogP) is 4.42. The Labute approximate surface area is 192 Å². The topological polar surface area (TPSA) is 93.3 Å². The van der Waals surface area contributed by atoms with Crippen LogP contribution in [0.2, 0.25) is 0 Å². The lowest BCUT2D eigenvalue weighted by molar-refractivity contribution is -0.144. The minimum absolute atomic E-state index is 0.0281. The molecule has 1 aromatic heterocycles. The van der Waals surface area contributed by atoms with E-state index in [1.54, 1.807) is 36.4 Å². The maximum Gasteiger partial charge on any atom is 0.449 e. The molecular formula is C23H18F3N3O4S. The van der Waals surface area contributed by atoms with Crippen LogP contribution in [-0.2, 0) is 16.2 Å². The van der Waals surface area contributed by atoms with Gasteiger partial charge in [0.25, 0.3) is 0 Å². The van der Waals surface area contributed by atoms with E-state index in [2.05, 4.69) is 14.7 Å². The van der Waals surface area contributed by atoms with Crippen molar-refractivity contribution in [2.75, 3.05) is 13.2 Å². The van der Waals surface area contributed by atoms with Crippen LogP contribution < -0.4 is 14.2 Å². The summed E-state index contributed by atoms with van der Waals surface area (Å²) >= 11 is 0. The minimum atomic E-state index is -4.63. The van der Waals surface area contributed by atoms with Crippen molar-refractivity contribution in [3.05, 3.63) is 83.7 Å². The lowest BCUT2D eigenvalue weighted by Crippen LogP contribution is -2.29. The van der Waals surface area contributed by atoms with Gasteiger partial charge in [0, 0.05) is 6.07 Å². The Morgan fingerprint density at radius 1 is 0.912 bits per heavy atom.